The molecule has 0 aromatic heterocycles. The SMILES string of the molecule is C/C=C\C=NC(C)CC(C)CC(C)(C)NC. The molecular weight excluding hydrogens is 196 g/mol. The molecule has 94 valence electrons. The molecule has 0 spiro atoms. The minimum absolute atomic E-state index is 0.228. The highest BCUT2D eigenvalue weighted by Gasteiger charge is 2.19. The summed E-state index contributed by atoms with van der Waals surface area (Å²) in [5.74, 6) is 0.695. The first-order valence-electron chi connectivity index (χ1n) is 6.24. The zero-order valence-corrected chi connectivity index (χ0v) is 11.7. The van der Waals surface area contributed by atoms with E-state index in [4.69, 9.17) is 0 Å². The van der Waals surface area contributed by atoms with E-state index in [1.165, 1.54) is 6.42 Å². The maximum absolute atomic E-state index is 4.48. The maximum Gasteiger partial charge on any atom is 0.0474 e. The Morgan fingerprint density at radius 3 is 2.44 bits per heavy atom. The summed E-state index contributed by atoms with van der Waals surface area (Å²) >= 11 is 0. The van der Waals surface area contributed by atoms with E-state index in [0.717, 1.165) is 6.42 Å². The fourth-order valence-electron chi connectivity index (χ4n) is 1.98. The van der Waals surface area contributed by atoms with Crippen molar-refractivity contribution in [2.75, 3.05) is 7.05 Å². The lowest BCUT2D eigenvalue weighted by Gasteiger charge is -2.28. The molecule has 0 aliphatic rings. The molecule has 0 aromatic rings. The van der Waals surface area contributed by atoms with Crippen LogP contribution >= 0.6 is 0 Å². The highest BCUT2D eigenvalue weighted by molar-refractivity contribution is 5.70. The molecule has 1 N–H and O–H groups in total. The largest absolute Gasteiger partial charge is 0.315 e. The van der Waals surface area contributed by atoms with Gasteiger partial charge in [-0.3, -0.25) is 4.99 Å². The predicted molar refractivity (Wildman–Crippen MR) is 74.3 cm³/mol. The lowest BCUT2D eigenvalue weighted by molar-refractivity contribution is 0.308. The molecule has 0 bridgehead atoms. The molecule has 0 aliphatic heterocycles. The summed E-state index contributed by atoms with van der Waals surface area (Å²) in [7, 11) is 2.03. The van der Waals surface area contributed by atoms with Crippen LogP contribution in [0.3, 0.4) is 0 Å². The summed E-state index contributed by atoms with van der Waals surface area (Å²) < 4.78 is 0. The number of aliphatic imine (C=N–C) groups is 1. The number of hydrogen-bond acceptors (Lipinski definition) is 2. The van der Waals surface area contributed by atoms with Gasteiger partial charge in [0.2, 0.25) is 0 Å². The third kappa shape index (κ3) is 7.63. The quantitative estimate of drug-likeness (QED) is 0.658. The molecule has 0 saturated heterocycles. The average molecular weight is 224 g/mol. The Balaban J connectivity index is 4.00. The van der Waals surface area contributed by atoms with E-state index < -0.39 is 0 Å². The van der Waals surface area contributed by atoms with Crippen LogP contribution in [0.4, 0.5) is 0 Å². The second kappa shape index (κ2) is 7.61. The van der Waals surface area contributed by atoms with Crippen molar-refractivity contribution < 1.29 is 0 Å². The smallest absolute Gasteiger partial charge is 0.0474 e. The first kappa shape index (κ1) is 15.4. The van der Waals surface area contributed by atoms with Crippen LogP contribution in [0.15, 0.2) is 17.1 Å². The molecule has 0 radical (unpaired) electrons. The Morgan fingerprint density at radius 2 is 1.94 bits per heavy atom. The Morgan fingerprint density at radius 1 is 1.31 bits per heavy atom. The van der Waals surface area contributed by atoms with Crippen LogP contribution in [0, 0.1) is 5.92 Å². The summed E-state index contributed by atoms with van der Waals surface area (Å²) in [5.41, 5.74) is 0.228. The van der Waals surface area contributed by atoms with Crippen LogP contribution in [-0.2, 0) is 0 Å². The molecule has 0 aliphatic carbocycles. The highest BCUT2D eigenvalue weighted by atomic mass is 14.9. The van der Waals surface area contributed by atoms with Gasteiger partial charge in [-0.15, -0.1) is 0 Å². The minimum Gasteiger partial charge on any atom is -0.315 e. The van der Waals surface area contributed by atoms with Crippen LogP contribution < -0.4 is 5.32 Å². The van der Waals surface area contributed by atoms with Crippen molar-refractivity contribution in [3.63, 3.8) is 0 Å². The molecule has 16 heavy (non-hydrogen) atoms. The van der Waals surface area contributed by atoms with Gasteiger partial charge in [-0.25, -0.2) is 0 Å². The summed E-state index contributed by atoms with van der Waals surface area (Å²) in [6, 6.07) is 0.416. The van der Waals surface area contributed by atoms with Crippen molar-refractivity contribution in [3.8, 4) is 0 Å². The Hall–Kier alpha value is -0.630. The first-order valence-corrected chi connectivity index (χ1v) is 6.24. The molecule has 2 nitrogen and oxygen atoms in total. The van der Waals surface area contributed by atoms with Crippen molar-refractivity contribution >= 4 is 6.21 Å². The average Bonchev–Trinajstić information content (AvgIpc) is 2.17. The Bertz CT molecular complexity index is 229. The van der Waals surface area contributed by atoms with E-state index in [9.17, 15) is 0 Å². The van der Waals surface area contributed by atoms with Gasteiger partial charge in [0, 0.05) is 17.8 Å². The van der Waals surface area contributed by atoms with E-state index in [2.05, 4.69) is 38.0 Å². The highest BCUT2D eigenvalue weighted by Crippen LogP contribution is 2.20. The van der Waals surface area contributed by atoms with Crippen molar-refractivity contribution in [2.45, 2.75) is 59.0 Å². The number of rotatable bonds is 7. The lowest BCUT2D eigenvalue weighted by atomic mass is 9.88. The van der Waals surface area contributed by atoms with Crippen LogP contribution in [-0.4, -0.2) is 24.8 Å². The number of nitrogens with zero attached hydrogens (tertiary/aromatic N) is 1. The van der Waals surface area contributed by atoms with Gasteiger partial charge in [0.1, 0.15) is 0 Å². The van der Waals surface area contributed by atoms with Gasteiger partial charge >= 0.3 is 0 Å². The van der Waals surface area contributed by atoms with Crippen LogP contribution in [0.1, 0.15) is 47.5 Å². The van der Waals surface area contributed by atoms with Gasteiger partial charge in [0.25, 0.3) is 0 Å². The van der Waals surface area contributed by atoms with Gasteiger partial charge < -0.3 is 5.32 Å². The van der Waals surface area contributed by atoms with Crippen molar-refractivity contribution in [3.05, 3.63) is 12.2 Å². The lowest BCUT2D eigenvalue weighted by Crippen LogP contribution is -2.38. The summed E-state index contributed by atoms with van der Waals surface area (Å²) in [6.45, 7) is 11.0. The van der Waals surface area contributed by atoms with E-state index in [1.807, 2.05) is 32.3 Å². The van der Waals surface area contributed by atoms with Gasteiger partial charge in [0.05, 0.1) is 0 Å². The molecule has 0 fully saturated rings. The fraction of sp³-hybridized carbons (Fsp3) is 0.786. The maximum atomic E-state index is 4.48. The van der Waals surface area contributed by atoms with E-state index in [1.54, 1.807) is 0 Å². The molecular formula is C14H28N2. The second-order valence-electron chi connectivity index (χ2n) is 5.35. The standard InChI is InChI=1S/C14H28N2/c1-7-8-9-16-13(3)10-12(2)11-14(4,5)15-6/h7-9,12-13,15H,10-11H2,1-6H3/b8-7-,16-9?. The van der Waals surface area contributed by atoms with Crippen LogP contribution in [0.2, 0.25) is 0 Å². The summed E-state index contributed by atoms with van der Waals surface area (Å²) in [4.78, 5) is 4.48. The third-order valence-electron chi connectivity index (χ3n) is 2.90. The number of nitrogens with one attached hydrogen (secondary N) is 1. The van der Waals surface area contributed by atoms with Gasteiger partial charge in [-0.1, -0.05) is 13.0 Å². The summed E-state index contributed by atoms with van der Waals surface area (Å²) in [6.07, 6.45) is 8.23. The van der Waals surface area contributed by atoms with Gasteiger partial charge in [-0.2, -0.15) is 0 Å². The zero-order valence-electron chi connectivity index (χ0n) is 11.7. The number of hydrogen-bond donors (Lipinski definition) is 1. The van der Waals surface area contributed by atoms with Crippen LogP contribution in [0.5, 0.6) is 0 Å². The second-order valence-corrected chi connectivity index (χ2v) is 5.35. The fourth-order valence-corrected chi connectivity index (χ4v) is 1.98. The third-order valence-corrected chi connectivity index (χ3v) is 2.90. The van der Waals surface area contributed by atoms with E-state index in [0.29, 0.717) is 12.0 Å². The van der Waals surface area contributed by atoms with Crippen molar-refractivity contribution in [1.29, 1.82) is 0 Å². The summed E-state index contributed by atoms with van der Waals surface area (Å²) in [5, 5.41) is 3.35. The molecule has 2 atom stereocenters. The molecule has 0 heterocycles. The molecule has 0 saturated carbocycles. The van der Waals surface area contributed by atoms with Crippen LogP contribution in [0.25, 0.3) is 0 Å². The first-order chi connectivity index (χ1) is 7.41. The Kier molecular flexibility index (Phi) is 7.31. The minimum atomic E-state index is 0.228. The van der Waals surface area contributed by atoms with Crippen molar-refractivity contribution in [2.24, 2.45) is 10.9 Å². The van der Waals surface area contributed by atoms with Crippen molar-refractivity contribution in [1.82, 2.24) is 5.32 Å². The topological polar surface area (TPSA) is 24.4 Å². The molecule has 0 rings (SSSR count). The predicted octanol–water partition coefficient (Wildman–Crippen LogP) is 3.44. The molecule has 0 amide bonds. The number of allylic oxidation sites excluding steroid dienone is 2. The normalized spacial score (nSPS) is 17.1. The van der Waals surface area contributed by atoms with E-state index in [-0.39, 0.29) is 5.54 Å². The van der Waals surface area contributed by atoms with Gasteiger partial charge in [0.15, 0.2) is 0 Å². The molecule has 2 unspecified atom stereocenters. The van der Waals surface area contributed by atoms with E-state index >= 15 is 0 Å². The molecule has 2 heteroatoms. The molecule has 0 aromatic carbocycles. The zero-order chi connectivity index (χ0) is 12.6. The monoisotopic (exact) mass is 224 g/mol. The Labute approximate surface area is 101 Å². The van der Waals surface area contributed by atoms with Gasteiger partial charge in [-0.05, 0) is 59.6 Å².